The molecule has 3 N–H and O–H groups in total. The van der Waals surface area contributed by atoms with Gasteiger partial charge >= 0.3 is 11.9 Å². The van der Waals surface area contributed by atoms with E-state index in [1.165, 1.54) is 24.3 Å². The first-order chi connectivity index (χ1) is 13.4. The van der Waals surface area contributed by atoms with Gasteiger partial charge in [0.1, 0.15) is 24.9 Å². The number of hydrogen-bond acceptors (Lipinski definition) is 7. The summed E-state index contributed by atoms with van der Waals surface area (Å²) in [6.07, 6.45) is -1.98. The Morgan fingerprint density at radius 1 is 0.857 bits per heavy atom. The Balaban J connectivity index is 1.69. The van der Waals surface area contributed by atoms with E-state index in [-0.39, 0.29) is 11.1 Å². The highest BCUT2D eigenvalue weighted by molar-refractivity contribution is 5.90. The summed E-state index contributed by atoms with van der Waals surface area (Å²) in [6, 6.07) is 16.2. The third-order valence-electron chi connectivity index (χ3n) is 4.52. The van der Waals surface area contributed by atoms with Crippen molar-refractivity contribution in [1.82, 2.24) is 0 Å². The normalized spacial score (nSPS) is 26.5. The fraction of sp³-hybridized carbons (Fsp3) is 0.238. The summed E-state index contributed by atoms with van der Waals surface area (Å²) in [5, 5.41) is 31.4. The maximum absolute atomic E-state index is 12.2. The summed E-state index contributed by atoms with van der Waals surface area (Å²) >= 11 is 0. The molecule has 1 aliphatic rings. The van der Waals surface area contributed by atoms with Crippen molar-refractivity contribution < 1.29 is 34.4 Å². The van der Waals surface area contributed by atoms with Crippen LogP contribution in [0.1, 0.15) is 20.7 Å². The number of aliphatic hydroxyl groups excluding tert-OH is 2. The van der Waals surface area contributed by atoms with Crippen LogP contribution in [0.15, 0.2) is 72.8 Å². The molecule has 0 aromatic heterocycles. The van der Waals surface area contributed by atoms with Crippen molar-refractivity contribution >= 4 is 11.9 Å². The van der Waals surface area contributed by atoms with E-state index in [9.17, 15) is 24.9 Å². The van der Waals surface area contributed by atoms with E-state index in [0.29, 0.717) is 0 Å². The van der Waals surface area contributed by atoms with Crippen molar-refractivity contribution in [3.05, 3.63) is 83.9 Å². The molecular formula is C21H20O7. The number of hydrogen-bond donors (Lipinski definition) is 3. The average molecular weight is 384 g/mol. The number of benzene rings is 2. The van der Waals surface area contributed by atoms with Crippen LogP contribution >= 0.6 is 0 Å². The van der Waals surface area contributed by atoms with Gasteiger partial charge < -0.3 is 24.8 Å². The summed E-state index contributed by atoms with van der Waals surface area (Å²) in [7, 11) is 0. The van der Waals surface area contributed by atoms with E-state index >= 15 is 0 Å². The number of aliphatic hydroxyl groups is 3. The lowest BCUT2D eigenvalue weighted by Crippen LogP contribution is -2.61. The van der Waals surface area contributed by atoms with Crippen molar-refractivity contribution in [3.63, 3.8) is 0 Å². The first-order valence-electron chi connectivity index (χ1n) is 8.67. The van der Waals surface area contributed by atoms with Crippen LogP contribution in [-0.4, -0.2) is 57.8 Å². The number of ether oxygens (including phenoxy) is 2. The molecule has 0 saturated heterocycles. The predicted molar refractivity (Wildman–Crippen MR) is 98.5 cm³/mol. The van der Waals surface area contributed by atoms with Crippen molar-refractivity contribution in [2.24, 2.45) is 0 Å². The largest absolute Gasteiger partial charge is 0.459 e. The fourth-order valence-corrected chi connectivity index (χ4v) is 2.83. The van der Waals surface area contributed by atoms with Crippen molar-refractivity contribution in [3.8, 4) is 0 Å². The second-order valence-electron chi connectivity index (χ2n) is 6.44. The Labute approximate surface area is 161 Å². The molecule has 28 heavy (non-hydrogen) atoms. The number of rotatable bonds is 5. The van der Waals surface area contributed by atoms with E-state index in [1.54, 1.807) is 48.5 Å². The quantitative estimate of drug-likeness (QED) is 0.522. The molecule has 0 bridgehead atoms. The molecule has 0 fully saturated rings. The Morgan fingerprint density at radius 3 is 1.96 bits per heavy atom. The molecule has 146 valence electrons. The van der Waals surface area contributed by atoms with Gasteiger partial charge in [0.25, 0.3) is 0 Å². The maximum Gasteiger partial charge on any atom is 0.338 e. The monoisotopic (exact) mass is 384 g/mol. The van der Waals surface area contributed by atoms with E-state index in [0.717, 1.165) is 0 Å². The molecule has 7 nitrogen and oxygen atoms in total. The minimum atomic E-state index is -2.24. The molecule has 0 amide bonds. The van der Waals surface area contributed by atoms with Gasteiger partial charge in [0.15, 0.2) is 5.60 Å². The fourth-order valence-electron chi connectivity index (χ4n) is 2.83. The Hall–Kier alpha value is -3.00. The lowest BCUT2D eigenvalue weighted by atomic mass is 9.83. The second-order valence-corrected chi connectivity index (χ2v) is 6.44. The van der Waals surface area contributed by atoms with Gasteiger partial charge in [0.05, 0.1) is 11.1 Å². The van der Waals surface area contributed by atoms with Gasteiger partial charge in [-0.2, -0.15) is 0 Å². The molecule has 7 heteroatoms. The molecule has 0 heterocycles. The Kier molecular flexibility index (Phi) is 5.89. The summed E-state index contributed by atoms with van der Waals surface area (Å²) in [4.78, 5) is 24.3. The molecule has 2 aromatic carbocycles. The summed E-state index contributed by atoms with van der Waals surface area (Å²) in [5.41, 5.74) is -1.71. The zero-order valence-corrected chi connectivity index (χ0v) is 14.8. The smallest absolute Gasteiger partial charge is 0.338 e. The molecule has 0 aliphatic heterocycles. The van der Waals surface area contributed by atoms with Crippen LogP contribution in [0.4, 0.5) is 0 Å². The molecule has 0 spiro atoms. The number of carbonyl (C=O) groups is 2. The first kappa shape index (κ1) is 19.8. The van der Waals surface area contributed by atoms with E-state index in [1.807, 2.05) is 0 Å². The van der Waals surface area contributed by atoms with Crippen LogP contribution < -0.4 is 0 Å². The lowest BCUT2D eigenvalue weighted by molar-refractivity contribution is -0.183. The van der Waals surface area contributed by atoms with E-state index in [2.05, 4.69) is 0 Å². The molecule has 0 saturated carbocycles. The van der Waals surface area contributed by atoms with Crippen LogP contribution in [0, 0.1) is 0 Å². The van der Waals surface area contributed by atoms with Gasteiger partial charge in [0.2, 0.25) is 0 Å². The maximum atomic E-state index is 12.2. The SMILES string of the molecule is O=C(OC[C@]1(O)[C@H](O)[C@@H](OC(=O)c2ccccc2)C=C[C@@H]1O)c1ccccc1. The molecular weight excluding hydrogens is 364 g/mol. The summed E-state index contributed by atoms with van der Waals surface area (Å²) in [5.74, 6) is -1.42. The van der Waals surface area contributed by atoms with Gasteiger partial charge in [-0.25, -0.2) is 9.59 Å². The topological polar surface area (TPSA) is 113 Å². The van der Waals surface area contributed by atoms with Gasteiger partial charge in [-0.05, 0) is 30.3 Å². The summed E-state index contributed by atoms with van der Waals surface area (Å²) < 4.78 is 10.3. The Morgan fingerprint density at radius 2 is 1.39 bits per heavy atom. The average Bonchev–Trinajstić information content (AvgIpc) is 2.74. The zero-order valence-electron chi connectivity index (χ0n) is 14.8. The highest BCUT2D eigenvalue weighted by Gasteiger charge is 2.50. The van der Waals surface area contributed by atoms with Gasteiger partial charge in [-0.1, -0.05) is 42.5 Å². The highest BCUT2D eigenvalue weighted by atomic mass is 16.6. The molecule has 0 radical (unpaired) electrons. The van der Waals surface area contributed by atoms with Crippen molar-refractivity contribution in [1.29, 1.82) is 0 Å². The molecule has 4 atom stereocenters. The summed E-state index contributed by atoms with van der Waals surface area (Å²) in [6.45, 7) is -0.688. The third-order valence-corrected chi connectivity index (χ3v) is 4.52. The molecule has 3 rings (SSSR count). The minimum absolute atomic E-state index is 0.258. The lowest BCUT2D eigenvalue weighted by Gasteiger charge is -2.40. The van der Waals surface area contributed by atoms with E-state index < -0.39 is 42.5 Å². The third kappa shape index (κ3) is 4.12. The van der Waals surface area contributed by atoms with Gasteiger partial charge in [-0.3, -0.25) is 0 Å². The molecule has 0 unspecified atom stereocenters. The first-order valence-corrected chi connectivity index (χ1v) is 8.67. The van der Waals surface area contributed by atoms with Crippen LogP contribution in [0.2, 0.25) is 0 Å². The second kappa shape index (κ2) is 8.35. The number of carbonyl (C=O) groups excluding carboxylic acids is 2. The van der Waals surface area contributed by atoms with Crippen LogP contribution in [0.3, 0.4) is 0 Å². The molecule has 1 aliphatic carbocycles. The van der Waals surface area contributed by atoms with Crippen LogP contribution in [0.25, 0.3) is 0 Å². The predicted octanol–water partition coefficient (Wildman–Crippen LogP) is 1.09. The van der Waals surface area contributed by atoms with Crippen molar-refractivity contribution in [2.75, 3.05) is 6.61 Å². The van der Waals surface area contributed by atoms with Gasteiger partial charge in [-0.15, -0.1) is 0 Å². The zero-order chi connectivity index (χ0) is 20.1. The standard InChI is InChI=1S/C21H20O7/c22-17-12-11-16(28-20(25)15-9-5-2-6-10-15)18(23)21(17,26)13-27-19(24)14-7-3-1-4-8-14/h1-12,16-18,22-23,26H,13H2/t16-,17-,18+,21+/m0/s1. The Bertz CT molecular complexity index is 850. The molecule has 2 aromatic rings. The highest BCUT2D eigenvalue weighted by Crippen LogP contribution is 2.28. The van der Waals surface area contributed by atoms with E-state index in [4.69, 9.17) is 9.47 Å². The van der Waals surface area contributed by atoms with Crippen LogP contribution in [0.5, 0.6) is 0 Å². The minimum Gasteiger partial charge on any atom is -0.459 e. The van der Waals surface area contributed by atoms with Crippen LogP contribution in [-0.2, 0) is 9.47 Å². The number of esters is 2. The van der Waals surface area contributed by atoms with Gasteiger partial charge in [0, 0.05) is 0 Å². The van der Waals surface area contributed by atoms with Crippen molar-refractivity contribution in [2.45, 2.75) is 23.9 Å².